The lowest BCUT2D eigenvalue weighted by atomic mass is 10.0. The van der Waals surface area contributed by atoms with Gasteiger partial charge in [-0.1, -0.05) is 29.8 Å². The summed E-state index contributed by atoms with van der Waals surface area (Å²) >= 11 is 0. The van der Waals surface area contributed by atoms with E-state index < -0.39 is 4.92 Å². The summed E-state index contributed by atoms with van der Waals surface area (Å²) in [4.78, 5) is 27.1. The van der Waals surface area contributed by atoms with E-state index in [1.807, 2.05) is 42.0 Å². The zero-order valence-corrected chi connectivity index (χ0v) is 18.6. The van der Waals surface area contributed by atoms with Gasteiger partial charge in [-0.3, -0.25) is 14.9 Å². The SMILES string of the molecule is Cc1ccc(-c2cn(CCCNc3ccc([N+](=O)[O-])c(N)n3)cc2C(=O)N[C@H](C)CO)cc1. The van der Waals surface area contributed by atoms with Crippen LogP contribution in [-0.4, -0.2) is 44.7 Å². The summed E-state index contributed by atoms with van der Waals surface area (Å²) in [5.41, 5.74) is 8.82. The van der Waals surface area contributed by atoms with Crippen LogP contribution in [0.1, 0.15) is 29.3 Å². The average molecular weight is 453 g/mol. The van der Waals surface area contributed by atoms with E-state index in [4.69, 9.17) is 5.73 Å². The first-order valence-corrected chi connectivity index (χ1v) is 10.6. The number of aryl methyl sites for hydroxylation is 2. The topological polar surface area (TPSA) is 148 Å². The Labute approximate surface area is 191 Å². The second-order valence-electron chi connectivity index (χ2n) is 7.88. The van der Waals surface area contributed by atoms with Crippen LogP contribution >= 0.6 is 0 Å². The van der Waals surface area contributed by atoms with Crippen molar-refractivity contribution in [2.24, 2.45) is 0 Å². The summed E-state index contributed by atoms with van der Waals surface area (Å²) in [5, 5.41) is 26.0. The number of hydrogen-bond acceptors (Lipinski definition) is 7. The maximum absolute atomic E-state index is 12.8. The third kappa shape index (κ3) is 6.07. The highest BCUT2D eigenvalue weighted by Crippen LogP contribution is 2.26. The minimum atomic E-state index is -0.571. The lowest BCUT2D eigenvalue weighted by Gasteiger charge is -2.11. The molecule has 10 nitrogen and oxygen atoms in total. The Bertz CT molecular complexity index is 1130. The molecular weight excluding hydrogens is 424 g/mol. The molecule has 0 unspecified atom stereocenters. The van der Waals surface area contributed by atoms with Gasteiger partial charge in [-0.25, -0.2) is 4.98 Å². The second kappa shape index (κ2) is 10.6. The molecule has 0 bridgehead atoms. The first-order chi connectivity index (χ1) is 15.8. The average Bonchev–Trinajstić information content (AvgIpc) is 3.21. The van der Waals surface area contributed by atoms with E-state index in [9.17, 15) is 20.0 Å². The molecule has 0 aliphatic rings. The molecule has 1 atom stereocenters. The van der Waals surface area contributed by atoms with Crippen molar-refractivity contribution in [1.29, 1.82) is 0 Å². The van der Waals surface area contributed by atoms with Gasteiger partial charge in [0.1, 0.15) is 5.82 Å². The van der Waals surface area contributed by atoms with Crippen LogP contribution in [0.3, 0.4) is 0 Å². The number of rotatable bonds is 10. The van der Waals surface area contributed by atoms with Gasteiger partial charge < -0.3 is 26.0 Å². The van der Waals surface area contributed by atoms with E-state index in [1.54, 1.807) is 13.1 Å². The van der Waals surface area contributed by atoms with Crippen LogP contribution in [0.25, 0.3) is 11.1 Å². The molecular formula is C23H28N6O4. The number of pyridine rings is 1. The molecule has 0 fully saturated rings. The summed E-state index contributed by atoms with van der Waals surface area (Å²) in [6, 6.07) is 10.4. The largest absolute Gasteiger partial charge is 0.394 e. The predicted octanol–water partition coefficient (Wildman–Crippen LogP) is 2.96. The second-order valence-corrected chi connectivity index (χ2v) is 7.88. The lowest BCUT2D eigenvalue weighted by Crippen LogP contribution is -2.35. The normalized spacial score (nSPS) is 11.7. The van der Waals surface area contributed by atoms with Crippen LogP contribution in [0.2, 0.25) is 0 Å². The van der Waals surface area contributed by atoms with Crippen molar-refractivity contribution in [1.82, 2.24) is 14.9 Å². The van der Waals surface area contributed by atoms with Crippen molar-refractivity contribution in [3.8, 4) is 11.1 Å². The highest BCUT2D eigenvalue weighted by atomic mass is 16.6. The van der Waals surface area contributed by atoms with Crippen molar-refractivity contribution in [2.75, 3.05) is 24.2 Å². The zero-order valence-electron chi connectivity index (χ0n) is 18.6. The number of amides is 1. The molecule has 3 aromatic rings. The van der Waals surface area contributed by atoms with Crippen LogP contribution in [-0.2, 0) is 6.54 Å². The van der Waals surface area contributed by atoms with Crippen LogP contribution < -0.4 is 16.4 Å². The molecule has 3 rings (SSSR count). The van der Waals surface area contributed by atoms with E-state index in [1.165, 1.54) is 12.1 Å². The number of carbonyl (C=O) groups is 1. The quantitative estimate of drug-likeness (QED) is 0.210. The number of carbonyl (C=O) groups excluding carboxylic acids is 1. The fourth-order valence-electron chi connectivity index (χ4n) is 3.33. The Kier molecular flexibility index (Phi) is 7.62. The summed E-state index contributed by atoms with van der Waals surface area (Å²) in [6.45, 7) is 4.80. The molecule has 0 saturated heterocycles. The minimum absolute atomic E-state index is 0.133. The van der Waals surface area contributed by atoms with Gasteiger partial charge in [-0.2, -0.15) is 0 Å². The molecule has 1 aromatic carbocycles. The summed E-state index contributed by atoms with van der Waals surface area (Å²) < 4.78 is 1.95. The number of aromatic nitrogens is 2. The van der Waals surface area contributed by atoms with Gasteiger partial charge >= 0.3 is 5.69 Å². The number of aliphatic hydroxyl groups excluding tert-OH is 1. The van der Waals surface area contributed by atoms with Gasteiger partial charge in [0.2, 0.25) is 5.82 Å². The molecule has 0 saturated carbocycles. The molecule has 174 valence electrons. The molecule has 5 N–H and O–H groups in total. The van der Waals surface area contributed by atoms with Gasteiger partial charge in [0.05, 0.1) is 17.1 Å². The van der Waals surface area contributed by atoms with Crippen LogP contribution in [0, 0.1) is 17.0 Å². The van der Waals surface area contributed by atoms with E-state index in [-0.39, 0.29) is 30.1 Å². The van der Waals surface area contributed by atoms with Gasteiger partial charge in [0.25, 0.3) is 5.91 Å². The molecule has 33 heavy (non-hydrogen) atoms. The highest BCUT2D eigenvalue weighted by molar-refractivity contribution is 6.01. The maximum Gasteiger partial charge on any atom is 0.311 e. The number of nitrogens with zero attached hydrogens (tertiary/aromatic N) is 3. The highest BCUT2D eigenvalue weighted by Gasteiger charge is 2.18. The third-order valence-electron chi connectivity index (χ3n) is 5.14. The molecule has 2 heterocycles. The Morgan fingerprint density at radius 3 is 2.61 bits per heavy atom. The Balaban J connectivity index is 1.69. The minimum Gasteiger partial charge on any atom is -0.394 e. The summed E-state index contributed by atoms with van der Waals surface area (Å²) in [6.07, 6.45) is 4.46. The fraction of sp³-hybridized carbons (Fsp3) is 0.304. The van der Waals surface area contributed by atoms with E-state index >= 15 is 0 Å². The number of nitro groups is 1. The van der Waals surface area contributed by atoms with E-state index in [2.05, 4.69) is 15.6 Å². The smallest absolute Gasteiger partial charge is 0.311 e. The first-order valence-electron chi connectivity index (χ1n) is 10.6. The Morgan fingerprint density at radius 2 is 1.97 bits per heavy atom. The van der Waals surface area contributed by atoms with Crippen LogP contribution in [0.5, 0.6) is 0 Å². The zero-order chi connectivity index (χ0) is 24.0. The lowest BCUT2D eigenvalue weighted by molar-refractivity contribution is -0.384. The van der Waals surface area contributed by atoms with E-state index in [0.717, 1.165) is 16.7 Å². The molecule has 0 spiro atoms. The molecule has 2 aromatic heterocycles. The molecule has 0 aliphatic heterocycles. The summed E-state index contributed by atoms with van der Waals surface area (Å²) in [5.74, 6) is 0.0875. The van der Waals surface area contributed by atoms with Crippen molar-refractivity contribution in [3.05, 3.63) is 70.0 Å². The Morgan fingerprint density at radius 1 is 1.24 bits per heavy atom. The number of nitrogens with one attached hydrogen (secondary N) is 2. The number of anilines is 2. The third-order valence-corrected chi connectivity index (χ3v) is 5.14. The maximum atomic E-state index is 12.8. The predicted molar refractivity (Wildman–Crippen MR) is 127 cm³/mol. The number of nitrogens with two attached hydrogens (primary N) is 1. The molecule has 0 aliphatic carbocycles. The van der Waals surface area contributed by atoms with Crippen molar-refractivity contribution in [3.63, 3.8) is 0 Å². The fourth-order valence-corrected chi connectivity index (χ4v) is 3.33. The van der Waals surface area contributed by atoms with Crippen molar-refractivity contribution >= 4 is 23.2 Å². The van der Waals surface area contributed by atoms with Gasteiger partial charge in [-0.15, -0.1) is 0 Å². The van der Waals surface area contributed by atoms with Crippen LogP contribution in [0.4, 0.5) is 17.3 Å². The first kappa shape index (κ1) is 23.7. The number of hydrogen-bond donors (Lipinski definition) is 4. The van der Waals surface area contributed by atoms with Gasteiger partial charge in [-0.05, 0) is 31.9 Å². The number of nitrogen functional groups attached to an aromatic ring is 1. The van der Waals surface area contributed by atoms with Crippen molar-refractivity contribution in [2.45, 2.75) is 32.9 Å². The molecule has 1 amide bonds. The van der Waals surface area contributed by atoms with Gasteiger partial charge in [0.15, 0.2) is 0 Å². The molecule has 10 heteroatoms. The van der Waals surface area contributed by atoms with Crippen LogP contribution in [0.15, 0.2) is 48.8 Å². The summed E-state index contributed by atoms with van der Waals surface area (Å²) in [7, 11) is 0. The standard InChI is InChI=1S/C23H28N6O4/c1-15-4-6-17(7-5-15)18-12-28(13-19(18)23(31)26-16(2)14-30)11-3-10-25-21-9-8-20(29(32)33)22(24)27-21/h4-9,12-13,16,30H,3,10-11,14H2,1-2H3,(H,26,31)(H3,24,25,27)/t16-/m1/s1. The number of aliphatic hydroxyl groups is 1. The Hall–Kier alpha value is -3.92. The van der Waals surface area contributed by atoms with E-state index in [0.29, 0.717) is 30.9 Å². The number of benzene rings is 1. The monoisotopic (exact) mass is 452 g/mol. The van der Waals surface area contributed by atoms with Gasteiger partial charge in [0, 0.05) is 43.2 Å². The molecule has 0 radical (unpaired) electrons. The van der Waals surface area contributed by atoms with Crippen molar-refractivity contribution < 1.29 is 14.8 Å².